The maximum Gasteiger partial charge on any atom is 0.225 e. The largest absolute Gasteiger partial charge is 0.493 e. The molecule has 0 unspecified atom stereocenters. The first kappa shape index (κ1) is 22.9. The number of halogens is 1. The van der Waals surface area contributed by atoms with Gasteiger partial charge in [0.25, 0.3) is 0 Å². The van der Waals surface area contributed by atoms with Gasteiger partial charge >= 0.3 is 0 Å². The Labute approximate surface area is 207 Å². The molecule has 2 heterocycles. The molecule has 0 bridgehead atoms. The first-order valence-electron chi connectivity index (χ1n) is 11.2. The minimum atomic E-state index is -0.288. The van der Waals surface area contributed by atoms with Gasteiger partial charge < -0.3 is 19.5 Å². The molecule has 1 amide bonds. The molecule has 7 heteroatoms. The van der Waals surface area contributed by atoms with Crippen LogP contribution in [0.4, 0.5) is 10.1 Å². The van der Waals surface area contributed by atoms with Gasteiger partial charge in [-0.15, -0.1) is 11.3 Å². The van der Waals surface area contributed by atoms with E-state index in [1.54, 1.807) is 31.6 Å². The fourth-order valence-corrected chi connectivity index (χ4v) is 5.49. The van der Waals surface area contributed by atoms with Gasteiger partial charge in [0.1, 0.15) is 18.2 Å². The molecule has 5 nitrogen and oxygen atoms in total. The molecule has 1 aliphatic heterocycles. The Balaban J connectivity index is 1.44. The summed E-state index contributed by atoms with van der Waals surface area (Å²) in [5.74, 6) is 1.55. The maximum absolute atomic E-state index is 13.5. The highest BCUT2D eigenvalue weighted by Crippen LogP contribution is 2.47. The van der Waals surface area contributed by atoms with Crippen LogP contribution in [0.25, 0.3) is 11.1 Å². The summed E-state index contributed by atoms with van der Waals surface area (Å²) in [7, 11) is 3.21. The van der Waals surface area contributed by atoms with E-state index in [2.05, 4.69) is 10.7 Å². The fraction of sp³-hybridized carbons (Fsp3) is 0.179. The lowest BCUT2D eigenvalue weighted by Gasteiger charge is -2.24. The Kier molecular flexibility index (Phi) is 6.42. The van der Waals surface area contributed by atoms with Crippen molar-refractivity contribution in [3.63, 3.8) is 0 Å². The molecule has 1 N–H and O–H groups in total. The van der Waals surface area contributed by atoms with Crippen molar-refractivity contribution in [2.24, 2.45) is 0 Å². The predicted molar refractivity (Wildman–Crippen MR) is 135 cm³/mol. The number of methoxy groups -OCH3 is 2. The van der Waals surface area contributed by atoms with Gasteiger partial charge in [0.2, 0.25) is 5.91 Å². The molecule has 0 spiro atoms. The SMILES string of the molecule is COc1ccc(-c2csc3c2NC(=O)C[C@@H]3c2cccc(OCc3cccc(F)c3)c2)cc1OC. The van der Waals surface area contributed by atoms with E-state index >= 15 is 0 Å². The topological polar surface area (TPSA) is 56.8 Å². The molecule has 35 heavy (non-hydrogen) atoms. The zero-order valence-electron chi connectivity index (χ0n) is 19.3. The van der Waals surface area contributed by atoms with E-state index in [0.717, 1.165) is 32.8 Å². The highest BCUT2D eigenvalue weighted by atomic mass is 32.1. The van der Waals surface area contributed by atoms with Crippen LogP contribution in [0.3, 0.4) is 0 Å². The van der Waals surface area contributed by atoms with Crippen molar-refractivity contribution >= 4 is 22.9 Å². The van der Waals surface area contributed by atoms with Gasteiger partial charge in [0, 0.05) is 28.2 Å². The normalized spacial score (nSPS) is 14.7. The number of amides is 1. The molecule has 1 aromatic heterocycles. The van der Waals surface area contributed by atoms with Crippen LogP contribution in [0, 0.1) is 5.82 Å². The van der Waals surface area contributed by atoms with Crippen molar-refractivity contribution < 1.29 is 23.4 Å². The van der Waals surface area contributed by atoms with Crippen LogP contribution in [-0.2, 0) is 11.4 Å². The van der Waals surface area contributed by atoms with Crippen LogP contribution < -0.4 is 19.5 Å². The number of carbonyl (C=O) groups is 1. The number of nitrogens with one attached hydrogen (secondary N) is 1. The van der Waals surface area contributed by atoms with E-state index in [9.17, 15) is 9.18 Å². The third kappa shape index (κ3) is 4.72. The van der Waals surface area contributed by atoms with Crippen LogP contribution in [-0.4, -0.2) is 20.1 Å². The first-order valence-corrected chi connectivity index (χ1v) is 12.0. The Morgan fingerprint density at radius 2 is 1.83 bits per heavy atom. The lowest BCUT2D eigenvalue weighted by molar-refractivity contribution is -0.116. The summed E-state index contributed by atoms with van der Waals surface area (Å²) in [5.41, 5.74) is 4.47. The molecule has 0 aliphatic carbocycles. The lowest BCUT2D eigenvalue weighted by Crippen LogP contribution is -2.22. The highest BCUT2D eigenvalue weighted by molar-refractivity contribution is 7.11. The van der Waals surface area contributed by atoms with Crippen LogP contribution in [0.5, 0.6) is 17.2 Å². The van der Waals surface area contributed by atoms with Gasteiger partial charge in [-0.25, -0.2) is 4.39 Å². The van der Waals surface area contributed by atoms with Gasteiger partial charge in [-0.05, 0) is 53.1 Å². The summed E-state index contributed by atoms with van der Waals surface area (Å²) >= 11 is 1.62. The molecule has 4 aromatic rings. The standard InChI is InChI=1S/C28H24FNO4S/c1-32-24-10-9-19(13-25(24)33-2)23-16-35-28-22(14-26(31)30-27(23)28)18-6-4-8-21(12-18)34-15-17-5-3-7-20(29)11-17/h3-13,16,22H,14-15H2,1-2H3,(H,30,31)/t22-/m1/s1. The third-order valence-electron chi connectivity index (χ3n) is 6.04. The molecule has 0 fully saturated rings. The minimum absolute atomic E-state index is 0.0336. The zero-order valence-corrected chi connectivity index (χ0v) is 20.2. The zero-order chi connectivity index (χ0) is 24.4. The molecular weight excluding hydrogens is 465 g/mol. The average Bonchev–Trinajstić information content (AvgIpc) is 3.30. The van der Waals surface area contributed by atoms with Crippen molar-refractivity contribution in [3.8, 4) is 28.4 Å². The Hall–Kier alpha value is -3.84. The number of hydrogen-bond acceptors (Lipinski definition) is 5. The molecular formula is C28H24FNO4S. The summed E-state index contributed by atoms with van der Waals surface area (Å²) in [4.78, 5) is 13.8. The number of hydrogen-bond donors (Lipinski definition) is 1. The van der Waals surface area contributed by atoms with Crippen molar-refractivity contribution in [3.05, 3.63) is 93.9 Å². The second-order valence-electron chi connectivity index (χ2n) is 8.25. The molecule has 1 atom stereocenters. The predicted octanol–water partition coefficient (Wildman–Crippen LogP) is 6.62. The van der Waals surface area contributed by atoms with Crippen LogP contribution in [0.15, 0.2) is 72.1 Å². The monoisotopic (exact) mass is 489 g/mol. The summed E-state index contributed by atoms with van der Waals surface area (Å²) in [6, 6.07) is 19.9. The van der Waals surface area contributed by atoms with Crippen molar-refractivity contribution in [1.29, 1.82) is 0 Å². The smallest absolute Gasteiger partial charge is 0.225 e. The second kappa shape index (κ2) is 9.80. The average molecular weight is 490 g/mol. The van der Waals surface area contributed by atoms with Gasteiger partial charge in [0.05, 0.1) is 19.9 Å². The third-order valence-corrected chi connectivity index (χ3v) is 7.14. The first-order chi connectivity index (χ1) is 17.1. The van der Waals surface area contributed by atoms with E-state index < -0.39 is 0 Å². The quantitative estimate of drug-likeness (QED) is 0.317. The number of thiophene rings is 1. The van der Waals surface area contributed by atoms with Gasteiger partial charge in [-0.3, -0.25) is 4.79 Å². The van der Waals surface area contributed by atoms with Crippen LogP contribution >= 0.6 is 11.3 Å². The minimum Gasteiger partial charge on any atom is -0.493 e. The Morgan fingerprint density at radius 3 is 2.63 bits per heavy atom. The maximum atomic E-state index is 13.5. The van der Waals surface area contributed by atoms with Gasteiger partial charge in [0.15, 0.2) is 11.5 Å². The number of benzene rings is 3. The molecule has 3 aromatic carbocycles. The second-order valence-corrected chi connectivity index (χ2v) is 9.17. The van der Waals surface area contributed by atoms with E-state index in [1.807, 2.05) is 48.5 Å². The summed E-state index contributed by atoms with van der Waals surface area (Å²) in [6.07, 6.45) is 0.353. The van der Waals surface area contributed by atoms with E-state index in [1.165, 1.54) is 12.1 Å². The van der Waals surface area contributed by atoms with Crippen LogP contribution in [0.1, 0.15) is 28.3 Å². The van der Waals surface area contributed by atoms with Gasteiger partial charge in [-0.1, -0.05) is 30.3 Å². The van der Waals surface area contributed by atoms with E-state index in [0.29, 0.717) is 23.7 Å². The van der Waals surface area contributed by atoms with E-state index in [-0.39, 0.29) is 24.2 Å². The number of fused-ring (bicyclic) bond motifs is 1. The molecule has 1 aliphatic rings. The fourth-order valence-electron chi connectivity index (χ4n) is 4.33. The van der Waals surface area contributed by atoms with E-state index in [4.69, 9.17) is 14.2 Å². The van der Waals surface area contributed by atoms with Crippen molar-refractivity contribution in [2.45, 2.75) is 18.9 Å². The number of carbonyl (C=O) groups excluding carboxylic acids is 1. The molecule has 178 valence electrons. The van der Waals surface area contributed by atoms with Crippen molar-refractivity contribution in [2.75, 3.05) is 19.5 Å². The van der Waals surface area contributed by atoms with Crippen molar-refractivity contribution in [1.82, 2.24) is 0 Å². The number of rotatable bonds is 7. The molecule has 0 saturated carbocycles. The molecule has 5 rings (SSSR count). The Bertz CT molecular complexity index is 1380. The lowest BCUT2D eigenvalue weighted by atomic mass is 9.89. The summed E-state index contributed by atoms with van der Waals surface area (Å²) in [6.45, 7) is 0.264. The number of ether oxygens (including phenoxy) is 3. The van der Waals surface area contributed by atoms with Crippen LogP contribution in [0.2, 0.25) is 0 Å². The number of anilines is 1. The molecule has 0 saturated heterocycles. The highest BCUT2D eigenvalue weighted by Gasteiger charge is 2.31. The molecule has 0 radical (unpaired) electrons. The Morgan fingerprint density at radius 1 is 1.00 bits per heavy atom. The van der Waals surface area contributed by atoms with Gasteiger partial charge in [-0.2, -0.15) is 0 Å². The summed E-state index contributed by atoms with van der Waals surface area (Å²) in [5, 5.41) is 5.14. The summed E-state index contributed by atoms with van der Waals surface area (Å²) < 4.78 is 30.2.